The normalized spacial score (nSPS) is 21.6. The lowest BCUT2D eigenvalue weighted by atomic mass is 10.0. The monoisotopic (exact) mass is 395 g/mol. The number of aliphatic hydroxyl groups is 1. The minimum absolute atomic E-state index is 0.0163. The molecule has 1 fully saturated rings. The third-order valence-electron chi connectivity index (χ3n) is 5.27. The van der Waals surface area contributed by atoms with Gasteiger partial charge in [-0.05, 0) is 11.1 Å². The van der Waals surface area contributed by atoms with Crippen molar-refractivity contribution >= 4 is 23.1 Å². The van der Waals surface area contributed by atoms with Gasteiger partial charge in [-0.1, -0.05) is 36.9 Å². The number of nitrogens with one attached hydrogen (secondary N) is 1. The zero-order valence-electron chi connectivity index (χ0n) is 15.6. The van der Waals surface area contributed by atoms with Crippen molar-refractivity contribution in [2.24, 2.45) is 5.92 Å². The lowest BCUT2D eigenvalue weighted by Gasteiger charge is -2.18. The Morgan fingerprint density at radius 2 is 2.14 bits per heavy atom. The van der Waals surface area contributed by atoms with Gasteiger partial charge in [-0.2, -0.15) is 4.98 Å². The molecule has 0 radical (unpaired) electrons. The Labute approximate surface area is 165 Å². The third kappa shape index (κ3) is 3.52. The molecule has 150 valence electrons. The zero-order chi connectivity index (χ0) is 20.5. The minimum Gasteiger partial charge on any atom is -0.461 e. The van der Waals surface area contributed by atoms with Crippen LogP contribution in [-0.2, 0) is 16.0 Å². The maximum atomic E-state index is 12.4. The molecule has 0 spiro atoms. The number of carbonyl (C=O) groups is 1. The molecule has 3 aromatic rings. The van der Waals surface area contributed by atoms with Crippen molar-refractivity contribution in [2.45, 2.75) is 25.0 Å². The number of fused-ring (bicyclic) bond motifs is 1. The van der Waals surface area contributed by atoms with E-state index in [-0.39, 0.29) is 36.5 Å². The van der Waals surface area contributed by atoms with Gasteiger partial charge in [-0.25, -0.2) is 4.98 Å². The molecule has 9 nitrogen and oxygen atoms in total. The Hall–Kier alpha value is -3.46. The van der Waals surface area contributed by atoms with Crippen LogP contribution in [0.4, 0.5) is 5.95 Å². The first-order valence-corrected chi connectivity index (χ1v) is 9.23. The second-order valence-corrected chi connectivity index (χ2v) is 7.08. The quantitative estimate of drug-likeness (QED) is 0.432. The molecule has 4 N–H and O–H groups in total. The number of benzene rings is 1. The molecule has 9 heteroatoms. The minimum atomic E-state index is -0.537. The summed E-state index contributed by atoms with van der Waals surface area (Å²) < 4.78 is 7.36. The van der Waals surface area contributed by atoms with Gasteiger partial charge < -0.3 is 20.1 Å². The highest BCUT2D eigenvalue weighted by molar-refractivity contribution is 5.73. The van der Waals surface area contributed by atoms with Crippen molar-refractivity contribution in [1.29, 1.82) is 0 Å². The molecule has 1 aromatic carbocycles. The van der Waals surface area contributed by atoms with Crippen LogP contribution in [0.2, 0.25) is 0 Å². The van der Waals surface area contributed by atoms with E-state index in [1.165, 1.54) is 6.33 Å². The van der Waals surface area contributed by atoms with Crippen molar-refractivity contribution in [2.75, 3.05) is 12.3 Å². The van der Waals surface area contributed by atoms with E-state index in [1.54, 1.807) is 4.57 Å². The summed E-state index contributed by atoms with van der Waals surface area (Å²) in [7, 11) is 0. The van der Waals surface area contributed by atoms with E-state index >= 15 is 0 Å². The van der Waals surface area contributed by atoms with E-state index in [9.17, 15) is 14.7 Å². The van der Waals surface area contributed by atoms with Gasteiger partial charge in [-0.15, -0.1) is 0 Å². The van der Waals surface area contributed by atoms with E-state index in [4.69, 9.17) is 10.5 Å². The summed E-state index contributed by atoms with van der Waals surface area (Å²) >= 11 is 0. The summed E-state index contributed by atoms with van der Waals surface area (Å²) in [4.78, 5) is 35.1. The van der Waals surface area contributed by atoms with Crippen molar-refractivity contribution in [1.82, 2.24) is 19.5 Å². The van der Waals surface area contributed by atoms with Crippen molar-refractivity contribution in [3.8, 4) is 0 Å². The molecule has 0 aliphatic heterocycles. The second kappa shape index (κ2) is 7.51. The number of carbonyl (C=O) groups excluding carboxylic acids is 1. The van der Waals surface area contributed by atoms with Crippen LogP contribution in [0, 0.1) is 5.92 Å². The van der Waals surface area contributed by atoms with Crippen LogP contribution < -0.4 is 11.3 Å². The summed E-state index contributed by atoms with van der Waals surface area (Å²) in [6.07, 6.45) is 1.49. The van der Waals surface area contributed by atoms with Crippen LogP contribution in [0.5, 0.6) is 0 Å². The van der Waals surface area contributed by atoms with E-state index in [0.29, 0.717) is 17.6 Å². The van der Waals surface area contributed by atoms with Crippen molar-refractivity contribution in [3.05, 3.63) is 64.7 Å². The Morgan fingerprint density at radius 3 is 2.86 bits per heavy atom. The van der Waals surface area contributed by atoms with Crippen molar-refractivity contribution < 1.29 is 14.6 Å². The maximum Gasteiger partial charge on any atom is 0.310 e. The number of nitrogens with zero attached hydrogens (tertiary/aromatic N) is 3. The number of aromatic nitrogens is 4. The molecule has 4 rings (SSSR count). The smallest absolute Gasteiger partial charge is 0.310 e. The average Bonchev–Trinajstić information content (AvgIpc) is 3.23. The Balaban J connectivity index is 1.57. The maximum absolute atomic E-state index is 12.4. The zero-order valence-corrected chi connectivity index (χ0v) is 15.6. The Morgan fingerprint density at radius 1 is 1.38 bits per heavy atom. The lowest BCUT2D eigenvalue weighted by molar-refractivity contribution is -0.150. The number of hydrogen-bond donors (Lipinski definition) is 3. The van der Waals surface area contributed by atoms with Gasteiger partial charge >= 0.3 is 5.97 Å². The molecule has 1 saturated carbocycles. The molecular formula is C20H21N5O4. The first-order valence-electron chi connectivity index (χ1n) is 9.23. The molecular weight excluding hydrogens is 374 g/mol. The predicted octanol–water partition coefficient (Wildman–Crippen LogP) is 0.966. The van der Waals surface area contributed by atoms with E-state index in [1.807, 2.05) is 30.3 Å². The predicted molar refractivity (Wildman–Crippen MR) is 106 cm³/mol. The molecule has 0 unspecified atom stereocenters. The van der Waals surface area contributed by atoms with Crippen molar-refractivity contribution in [3.63, 3.8) is 0 Å². The topological polar surface area (TPSA) is 136 Å². The number of imidazole rings is 1. The van der Waals surface area contributed by atoms with E-state index < -0.39 is 17.6 Å². The number of anilines is 1. The molecule has 2 aromatic heterocycles. The fourth-order valence-electron chi connectivity index (χ4n) is 3.82. The average molecular weight is 395 g/mol. The van der Waals surface area contributed by atoms with Gasteiger partial charge in [-0.3, -0.25) is 14.6 Å². The van der Waals surface area contributed by atoms with Crippen LogP contribution in [-0.4, -0.2) is 43.3 Å². The summed E-state index contributed by atoms with van der Waals surface area (Å²) in [5.74, 6) is -0.809. The summed E-state index contributed by atoms with van der Waals surface area (Å²) in [5, 5.41) is 9.86. The second-order valence-electron chi connectivity index (χ2n) is 7.08. The largest absolute Gasteiger partial charge is 0.461 e. The number of aromatic amines is 1. The fourth-order valence-corrected chi connectivity index (χ4v) is 3.82. The summed E-state index contributed by atoms with van der Waals surface area (Å²) in [6.45, 7) is 3.89. The highest BCUT2D eigenvalue weighted by atomic mass is 16.5. The van der Waals surface area contributed by atoms with Crippen LogP contribution in [0.25, 0.3) is 11.2 Å². The van der Waals surface area contributed by atoms with E-state index in [0.717, 1.165) is 5.56 Å². The van der Waals surface area contributed by atoms with Crippen LogP contribution in [0.15, 0.2) is 53.6 Å². The lowest BCUT2D eigenvalue weighted by Crippen LogP contribution is -2.26. The summed E-state index contributed by atoms with van der Waals surface area (Å²) in [5.41, 5.74) is 7.26. The SMILES string of the molecule is C=C1[C@H](CO)[C@@H](OC(=O)Cc2ccccc2)C[C@@H]1n1cnc2c(=O)[nH]c(N)nc21. The number of hydrogen-bond acceptors (Lipinski definition) is 7. The highest BCUT2D eigenvalue weighted by Crippen LogP contribution is 2.41. The first kappa shape index (κ1) is 18.9. The van der Waals surface area contributed by atoms with E-state index in [2.05, 4.69) is 21.5 Å². The van der Waals surface area contributed by atoms with Gasteiger partial charge in [0, 0.05) is 12.3 Å². The highest BCUT2D eigenvalue weighted by Gasteiger charge is 2.41. The molecule has 2 heterocycles. The molecule has 1 aliphatic rings. The van der Waals surface area contributed by atoms with Gasteiger partial charge in [0.25, 0.3) is 5.56 Å². The molecule has 3 atom stereocenters. The molecule has 1 aliphatic carbocycles. The fraction of sp³-hybridized carbons (Fsp3) is 0.300. The third-order valence-corrected chi connectivity index (χ3v) is 5.27. The number of esters is 1. The number of nitrogens with two attached hydrogens (primary N) is 1. The van der Waals surface area contributed by atoms with Crippen LogP contribution in [0.1, 0.15) is 18.0 Å². The van der Waals surface area contributed by atoms with Gasteiger partial charge in [0.15, 0.2) is 11.2 Å². The number of rotatable bonds is 5. The molecule has 29 heavy (non-hydrogen) atoms. The number of aliphatic hydroxyl groups excluding tert-OH is 1. The number of H-pyrrole nitrogens is 1. The van der Waals surface area contributed by atoms with Crippen LogP contribution in [0.3, 0.4) is 0 Å². The number of nitrogen functional groups attached to an aromatic ring is 1. The Bertz CT molecular complexity index is 1120. The number of ether oxygens (including phenoxy) is 1. The Kier molecular flexibility index (Phi) is 4.89. The first-order chi connectivity index (χ1) is 14.0. The summed E-state index contributed by atoms with van der Waals surface area (Å²) in [6, 6.07) is 8.97. The molecule has 0 bridgehead atoms. The van der Waals surface area contributed by atoms with Gasteiger partial charge in [0.2, 0.25) is 5.95 Å². The van der Waals surface area contributed by atoms with Crippen LogP contribution >= 0.6 is 0 Å². The standard InChI is InChI=1S/C20H21N5O4/c1-11-13(9-26)15(29-16(27)7-12-5-3-2-4-6-12)8-14(11)25-10-22-17-18(25)23-20(21)24-19(17)28/h2-6,10,13-15,26H,1,7-9H2,(H3,21,23,24,28)/t13-,14-,15-/m0/s1. The van der Waals surface area contributed by atoms with Gasteiger partial charge in [0.1, 0.15) is 6.10 Å². The van der Waals surface area contributed by atoms with Gasteiger partial charge in [0.05, 0.1) is 25.4 Å². The molecule has 0 amide bonds. The molecule has 0 saturated heterocycles.